The highest BCUT2D eigenvalue weighted by atomic mass is 16.5. The highest BCUT2D eigenvalue weighted by Gasteiger charge is 2.16. The Bertz CT molecular complexity index is 621. The minimum Gasteiger partial charge on any atom is -0.378 e. The molecule has 2 heterocycles. The second-order valence-electron chi connectivity index (χ2n) is 5.81. The molecule has 0 spiro atoms. The zero-order valence-corrected chi connectivity index (χ0v) is 13.1. The van der Waals surface area contributed by atoms with Crippen LogP contribution in [0.1, 0.15) is 36.8 Å². The molecule has 6 heteroatoms. The van der Waals surface area contributed by atoms with Crippen LogP contribution in [0.5, 0.6) is 0 Å². The van der Waals surface area contributed by atoms with Gasteiger partial charge in [-0.3, -0.25) is 4.79 Å². The Morgan fingerprint density at radius 2 is 2.22 bits per heavy atom. The summed E-state index contributed by atoms with van der Waals surface area (Å²) < 4.78 is 7.32. The molecule has 1 aromatic carbocycles. The predicted molar refractivity (Wildman–Crippen MR) is 85.6 cm³/mol. The van der Waals surface area contributed by atoms with Crippen LogP contribution in [0, 0.1) is 0 Å². The molecule has 3 rings (SSSR count). The van der Waals surface area contributed by atoms with E-state index in [9.17, 15) is 4.79 Å². The monoisotopic (exact) mass is 314 g/mol. The van der Waals surface area contributed by atoms with E-state index in [1.165, 1.54) is 6.33 Å². The molecular weight excluding hydrogens is 292 g/mol. The van der Waals surface area contributed by atoms with Crippen molar-refractivity contribution >= 4 is 5.91 Å². The summed E-state index contributed by atoms with van der Waals surface area (Å²) in [5, 5.41) is 7.13. The molecule has 23 heavy (non-hydrogen) atoms. The summed E-state index contributed by atoms with van der Waals surface area (Å²) >= 11 is 0. The van der Waals surface area contributed by atoms with E-state index in [-0.39, 0.29) is 12.0 Å². The Hall–Kier alpha value is -2.21. The zero-order valence-electron chi connectivity index (χ0n) is 13.1. The molecule has 0 radical (unpaired) electrons. The van der Waals surface area contributed by atoms with E-state index in [0.717, 1.165) is 37.0 Å². The van der Waals surface area contributed by atoms with Gasteiger partial charge in [0.1, 0.15) is 12.7 Å². The topological polar surface area (TPSA) is 69.0 Å². The highest BCUT2D eigenvalue weighted by Crippen LogP contribution is 2.16. The maximum absolute atomic E-state index is 12.0. The van der Waals surface area contributed by atoms with Crippen LogP contribution in [0.15, 0.2) is 36.9 Å². The first-order valence-electron chi connectivity index (χ1n) is 8.09. The van der Waals surface area contributed by atoms with Crippen molar-refractivity contribution in [3.63, 3.8) is 0 Å². The van der Waals surface area contributed by atoms with Gasteiger partial charge in [0.15, 0.2) is 0 Å². The molecule has 122 valence electrons. The van der Waals surface area contributed by atoms with E-state index in [0.29, 0.717) is 19.5 Å². The van der Waals surface area contributed by atoms with Gasteiger partial charge in [0.25, 0.3) is 0 Å². The second kappa shape index (κ2) is 7.87. The fourth-order valence-electron chi connectivity index (χ4n) is 2.82. The number of hydrogen-bond donors (Lipinski definition) is 1. The molecule has 1 fully saturated rings. The SMILES string of the molecule is O=C(CCC1CCCO1)NCc1ccccc1Cn1cncn1. The summed E-state index contributed by atoms with van der Waals surface area (Å²) in [7, 11) is 0. The van der Waals surface area contributed by atoms with Gasteiger partial charge in [-0.2, -0.15) is 5.10 Å². The molecule has 6 nitrogen and oxygen atoms in total. The van der Waals surface area contributed by atoms with Crippen LogP contribution in [0.2, 0.25) is 0 Å². The molecule has 1 aliphatic heterocycles. The summed E-state index contributed by atoms with van der Waals surface area (Å²) in [5.74, 6) is 0.0797. The van der Waals surface area contributed by atoms with Gasteiger partial charge < -0.3 is 10.1 Å². The van der Waals surface area contributed by atoms with E-state index in [2.05, 4.69) is 21.5 Å². The van der Waals surface area contributed by atoms with Crippen molar-refractivity contribution in [3.8, 4) is 0 Å². The zero-order chi connectivity index (χ0) is 15.9. The first-order chi connectivity index (χ1) is 11.3. The normalized spacial score (nSPS) is 17.3. The third-order valence-electron chi connectivity index (χ3n) is 4.11. The lowest BCUT2D eigenvalue weighted by molar-refractivity contribution is -0.121. The van der Waals surface area contributed by atoms with Crippen molar-refractivity contribution in [2.75, 3.05) is 6.61 Å². The molecule has 1 aromatic heterocycles. The molecule has 1 unspecified atom stereocenters. The molecule has 1 atom stereocenters. The van der Waals surface area contributed by atoms with Gasteiger partial charge in [-0.1, -0.05) is 24.3 Å². The first-order valence-corrected chi connectivity index (χ1v) is 8.09. The second-order valence-corrected chi connectivity index (χ2v) is 5.81. The Labute approximate surface area is 135 Å². The number of nitrogens with zero attached hydrogens (tertiary/aromatic N) is 3. The van der Waals surface area contributed by atoms with Crippen molar-refractivity contribution < 1.29 is 9.53 Å². The van der Waals surface area contributed by atoms with Crippen LogP contribution in [0.4, 0.5) is 0 Å². The fraction of sp³-hybridized carbons (Fsp3) is 0.471. The fourth-order valence-corrected chi connectivity index (χ4v) is 2.82. The molecule has 0 aliphatic carbocycles. The van der Waals surface area contributed by atoms with Crippen molar-refractivity contribution in [1.29, 1.82) is 0 Å². The minimum atomic E-state index is 0.0797. The van der Waals surface area contributed by atoms with Crippen LogP contribution in [0.25, 0.3) is 0 Å². The molecule has 1 aliphatic rings. The highest BCUT2D eigenvalue weighted by molar-refractivity contribution is 5.75. The van der Waals surface area contributed by atoms with Crippen LogP contribution >= 0.6 is 0 Å². The molecular formula is C17H22N4O2. The van der Waals surface area contributed by atoms with E-state index in [4.69, 9.17) is 4.74 Å². The van der Waals surface area contributed by atoms with Gasteiger partial charge in [0.05, 0.1) is 12.6 Å². The Morgan fingerprint density at radius 3 is 2.96 bits per heavy atom. The summed E-state index contributed by atoms with van der Waals surface area (Å²) in [4.78, 5) is 16.0. The van der Waals surface area contributed by atoms with E-state index < -0.39 is 0 Å². The van der Waals surface area contributed by atoms with Crippen molar-refractivity contribution in [2.45, 2.75) is 44.9 Å². The van der Waals surface area contributed by atoms with Gasteiger partial charge >= 0.3 is 0 Å². The summed E-state index contributed by atoms with van der Waals surface area (Å²) in [5.41, 5.74) is 2.24. The summed E-state index contributed by atoms with van der Waals surface area (Å²) in [6, 6.07) is 8.07. The smallest absolute Gasteiger partial charge is 0.220 e. The average Bonchev–Trinajstić information content (AvgIpc) is 3.25. The maximum atomic E-state index is 12.0. The van der Waals surface area contributed by atoms with Crippen LogP contribution in [-0.2, 0) is 22.6 Å². The number of hydrogen-bond acceptors (Lipinski definition) is 4. The first kappa shape index (κ1) is 15.7. The third-order valence-corrected chi connectivity index (χ3v) is 4.11. The minimum absolute atomic E-state index is 0.0797. The van der Waals surface area contributed by atoms with Gasteiger partial charge in [-0.25, -0.2) is 9.67 Å². The summed E-state index contributed by atoms with van der Waals surface area (Å²) in [6.07, 6.45) is 7.01. The average molecular weight is 314 g/mol. The quantitative estimate of drug-likeness (QED) is 0.847. The largest absolute Gasteiger partial charge is 0.378 e. The molecule has 1 N–H and O–H groups in total. The lowest BCUT2D eigenvalue weighted by Gasteiger charge is -2.12. The van der Waals surface area contributed by atoms with Crippen molar-refractivity contribution in [1.82, 2.24) is 20.1 Å². The van der Waals surface area contributed by atoms with Crippen LogP contribution in [0.3, 0.4) is 0 Å². The Kier molecular flexibility index (Phi) is 5.37. The van der Waals surface area contributed by atoms with Crippen molar-refractivity contribution in [3.05, 3.63) is 48.0 Å². The molecule has 1 amide bonds. The lowest BCUT2D eigenvalue weighted by atomic mass is 10.1. The molecule has 1 saturated heterocycles. The number of rotatable bonds is 7. The molecule has 0 bridgehead atoms. The Morgan fingerprint density at radius 1 is 1.35 bits per heavy atom. The van der Waals surface area contributed by atoms with Crippen molar-refractivity contribution in [2.24, 2.45) is 0 Å². The van der Waals surface area contributed by atoms with Gasteiger partial charge in [0.2, 0.25) is 5.91 Å². The number of nitrogens with one attached hydrogen (secondary N) is 1. The van der Waals surface area contributed by atoms with E-state index >= 15 is 0 Å². The molecule has 2 aromatic rings. The van der Waals surface area contributed by atoms with E-state index in [1.54, 1.807) is 11.0 Å². The number of ether oxygens (including phenoxy) is 1. The lowest BCUT2D eigenvalue weighted by Crippen LogP contribution is -2.24. The van der Waals surface area contributed by atoms with Gasteiger partial charge in [-0.15, -0.1) is 0 Å². The van der Waals surface area contributed by atoms with Gasteiger partial charge in [0, 0.05) is 19.6 Å². The number of amides is 1. The van der Waals surface area contributed by atoms with E-state index in [1.807, 2.05) is 18.2 Å². The molecule has 0 saturated carbocycles. The van der Waals surface area contributed by atoms with Crippen LogP contribution < -0.4 is 5.32 Å². The predicted octanol–water partition coefficient (Wildman–Crippen LogP) is 1.90. The number of carbonyl (C=O) groups is 1. The standard InChI is InChI=1S/C17H22N4O2/c22-17(8-7-16-6-3-9-23-16)19-10-14-4-1-2-5-15(14)11-21-13-18-12-20-21/h1-2,4-5,12-13,16H,3,6-11H2,(H,19,22). The third kappa shape index (κ3) is 4.63. The van der Waals surface area contributed by atoms with Gasteiger partial charge in [-0.05, 0) is 30.4 Å². The number of carbonyl (C=O) groups excluding carboxylic acids is 1. The summed E-state index contributed by atoms with van der Waals surface area (Å²) in [6.45, 7) is 2.03. The maximum Gasteiger partial charge on any atom is 0.220 e. The van der Waals surface area contributed by atoms with Crippen LogP contribution in [-0.4, -0.2) is 33.4 Å². The number of aromatic nitrogens is 3. The Balaban J connectivity index is 1.50. The number of benzene rings is 1.